The fourth-order valence-corrected chi connectivity index (χ4v) is 6.18. The molecule has 3 aromatic carbocycles. The Kier molecular flexibility index (Phi) is 10.6. The molecule has 0 spiro atoms. The molecule has 0 radical (unpaired) electrons. The number of carbonyl (C=O) groups excluding carboxylic acids is 2. The van der Waals surface area contributed by atoms with Gasteiger partial charge < -0.3 is 15.0 Å². The van der Waals surface area contributed by atoms with E-state index in [-0.39, 0.29) is 23.4 Å². The van der Waals surface area contributed by atoms with Gasteiger partial charge in [0.15, 0.2) is 0 Å². The topological polar surface area (TPSA) is 96.0 Å². The minimum Gasteiger partial charge on any atom is -0.497 e. The van der Waals surface area contributed by atoms with Crippen LogP contribution in [0.5, 0.6) is 5.75 Å². The van der Waals surface area contributed by atoms with Crippen molar-refractivity contribution in [3.05, 3.63) is 89.0 Å². The summed E-state index contributed by atoms with van der Waals surface area (Å²) in [5.41, 5.74) is 3.78. The maximum Gasteiger partial charge on any atom is 0.264 e. The molecule has 8 nitrogen and oxygen atoms in total. The molecule has 2 amide bonds. The highest BCUT2D eigenvalue weighted by molar-refractivity contribution is 7.92. The Labute approximate surface area is 244 Å². The molecule has 0 fully saturated rings. The Bertz CT molecular complexity index is 1470. The molecule has 0 aliphatic carbocycles. The van der Waals surface area contributed by atoms with E-state index >= 15 is 0 Å². The Balaban J connectivity index is 2.11. The van der Waals surface area contributed by atoms with Gasteiger partial charge in [-0.1, -0.05) is 54.4 Å². The number of sulfonamides is 1. The Hall–Kier alpha value is -3.85. The summed E-state index contributed by atoms with van der Waals surface area (Å²) in [4.78, 5) is 29.0. The molecule has 41 heavy (non-hydrogen) atoms. The van der Waals surface area contributed by atoms with Gasteiger partial charge in [-0.2, -0.15) is 0 Å². The molecular formula is C32H41N3O5S. The van der Waals surface area contributed by atoms with Gasteiger partial charge in [0, 0.05) is 12.6 Å². The predicted octanol–water partition coefficient (Wildman–Crippen LogP) is 5.15. The largest absolute Gasteiger partial charge is 0.497 e. The number of anilines is 1. The zero-order valence-electron chi connectivity index (χ0n) is 25.0. The third kappa shape index (κ3) is 7.88. The number of amides is 2. The number of aryl methyl sites for hydroxylation is 3. The fraction of sp³-hybridized carbons (Fsp3) is 0.375. The molecule has 3 aromatic rings. The first-order valence-corrected chi connectivity index (χ1v) is 15.2. The van der Waals surface area contributed by atoms with E-state index in [9.17, 15) is 18.0 Å². The van der Waals surface area contributed by atoms with E-state index in [1.807, 2.05) is 65.8 Å². The van der Waals surface area contributed by atoms with Crippen LogP contribution in [0.3, 0.4) is 0 Å². The quantitative estimate of drug-likeness (QED) is 0.320. The van der Waals surface area contributed by atoms with Crippen molar-refractivity contribution in [2.75, 3.05) is 18.0 Å². The molecule has 220 valence electrons. The molecule has 0 heterocycles. The zero-order valence-corrected chi connectivity index (χ0v) is 25.8. The maximum atomic E-state index is 14.2. The smallest absolute Gasteiger partial charge is 0.264 e. The molecule has 0 aromatic heterocycles. The van der Waals surface area contributed by atoms with Crippen LogP contribution >= 0.6 is 0 Å². The highest BCUT2D eigenvalue weighted by Crippen LogP contribution is 2.29. The van der Waals surface area contributed by atoms with Gasteiger partial charge in [0.1, 0.15) is 18.3 Å². The molecule has 0 aliphatic heterocycles. The lowest BCUT2D eigenvalue weighted by Crippen LogP contribution is -2.53. The van der Waals surface area contributed by atoms with Gasteiger partial charge in [-0.3, -0.25) is 13.9 Å². The molecule has 0 saturated heterocycles. The minimum absolute atomic E-state index is 0.0832. The third-order valence-corrected chi connectivity index (χ3v) is 8.59. The van der Waals surface area contributed by atoms with Gasteiger partial charge in [-0.05, 0) is 82.5 Å². The number of benzene rings is 3. The highest BCUT2D eigenvalue weighted by Gasteiger charge is 2.34. The molecule has 0 saturated carbocycles. The van der Waals surface area contributed by atoms with E-state index in [4.69, 9.17) is 4.74 Å². The van der Waals surface area contributed by atoms with Crippen molar-refractivity contribution in [1.29, 1.82) is 0 Å². The number of methoxy groups -OCH3 is 1. The molecule has 0 bridgehead atoms. The molecule has 1 atom stereocenters. The number of nitrogens with zero attached hydrogens (tertiary/aromatic N) is 2. The highest BCUT2D eigenvalue weighted by atomic mass is 32.2. The summed E-state index contributed by atoms with van der Waals surface area (Å²) in [6.45, 7) is 10.8. The summed E-state index contributed by atoms with van der Waals surface area (Å²) < 4.78 is 34.6. The van der Waals surface area contributed by atoms with Crippen molar-refractivity contribution in [3.63, 3.8) is 0 Å². The summed E-state index contributed by atoms with van der Waals surface area (Å²) in [5, 5.41) is 2.91. The van der Waals surface area contributed by atoms with Gasteiger partial charge in [-0.15, -0.1) is 0 Å². The average Bonchev–Trinajstić information content (AvgIpc) is 2.91. The lowest BCUT2D eigenvalue weighted by Gasteiger charge is -2.34. The second kappa shape index (κ2) is 13.7. The number of ether oxygens (including phenoxy) is 1. The molecule has 9 heteroatoms. The maximum absolute atomic E-state index is 14.2. The van der Waals surface area contributed by atoms with Crippen molar-refractivity contribution in [2.45, 2.75) is 71.5 Å². The molecule has 3 rings (SSSR count). The van der Waals surface area contributed by atoms with Crippen molar-refractivity contribution >= 4 is 27.5 Å². The normalized spacial score (nSPS) is 12.1. The number of hydrogen-bond acceptors (Lipinski definition) is 5. The van der Waals surface area contributed by atoms with Gasteiger partial charge in [0.25, 0.3) is 10.0 Å². The molecule has 1 unspecified atom stereocenters. The lowest BCUT2D eigenvalue weighted by molar-refractivity contribution is -0.140. The van der Waals surface area contributed by atoms with Crippen LogP contribution in [-0.4, -0.2) is 50.9 Å². The summed E-state index contributed by atoms with van der Waals surface area (Å²) >= 11 is 0. The second-order valence-electron chi connectivity index (χ2n) is 10.6. The number of rotatable bonds is 12. The average molecular weight is 580 g/mol. The predicted molar refractivity (Wildman–Crippen MR) is 163 cm³/mol. The van der Waals surface area contributed by atoms with Crippen LogP contribution in [-0.2, 0) is 26.2 Å². The van der Waals surface area contributed by atoms with Crippen LogP contribution in [0.2, 0.25) is 0 Å². The Morgan fingerprint density at radius 1 is 0.927 bits per heavy atom. The van der Waals surface area contributed by atoms with Crippen molar-refractivity contribution in [2.24, 2.45) is 0 Å². The first-order chi connectivity index (χ1) is 19.4. The number of hydrogen-bond donors (Lipinski definition) is 1. The van der Waals surface area contributed by atoms with Crippen molar-refractivity contribution < 1.29 is 22.7 Å². The summed E-state index contributed by atoms with van der Waals surface area (Å²) in [5.74, 6) is -0.166. The van der Waals surface area contributed by atoms with Crippen LogP contribution in [0.15, 0.2) is 71.6 Å². The van der Waals surface area contributed by atoms with Gasteiger partial charge in [0.2, 0.25) is 11.8 Å². The van der Waals surface area contributed by atoms with Crippen LogP contribution in [0, 0.1) is 20.8 Å². The molecule has 0 aliphatic rings. The van der Waals surface area contributed by atoms with E-state index in [0.29, 0.717) is 17.9 Å². The van der Waals surface area contributed by atoms with E-state index in [1.165, 1.54) is 4.90 Å². The van der Waals surface area contributed by atoms with Crippen molar-refractivity contribution in [3.8, 4) is 5.75 Å². The summed E-state index contributed by atoms with van der Waals surface area (Å²) in [7, 11) is -2.56. The fourth-order valence-electron chi connectivity index (χ4n) is 4.70. The Morgan fingerprint density at radius 2 is 1.59 bits per heavy atom. The van der Waals surface area contributed by atoms with Crippen molar-refractivity contribution in [1.82, 2.24) is 10.2 Å². The van der Waals surface area contributed by atoms with Gasteiger partial charge in [0.05, 0.1) is 17.7 Å². The molecule has 1 N–H and O–H groups in total. The van der Waals surface area contributed by atoms with Crippen LogP contribution < -0.4 is 14.4 Å². The van der Waals surface area contributed by atoms with Crippen LogP contribution in [0.4, 0.5) is 5.69 Å². The van der Waals surface area contributed by atoms with E-state index in [0.717, 1.165) is 26.6 Å². The number of nitrogens with one attached hydrogen (secondary N) is 1. The number of carbonyl (C=O) groups is 2. The Morgan fingerprint density at radius 3 is 2.17 bits per heavy atom. The standard InChI is InChI=1S/C32H41N3O5S/c1-8-29(32(37)33-22(2)3)34(20-26-10-9-11-27(19-26)40-7)31(36)21-35(30-17-14-24(5)18-25(30)6)41(38,39)28-15-12-23(4)13-16-28/h9-19,22,29H,8,20-21H2,1-7H3,(H,33,37). The zero-order chi connectivity index (χ0) is 30.3. The van der Waals surface area contributed by atoms with Crippen LogP contribution in [0.25, 0.3) is 0 Å². The van der Waals surface area contributed by atoms with E-state index in [1.54, 1.807) is 49.6 Å². The van der Waals surface area contributed by atoms with E-state index < -0.39 is 28.5 Å². The first-order valence-electron chi connectivity index (χ1n) is 13.8. The lowest BCUT2D eigenvalue weighted by atomic mass is 10.1. The van der Waals surface area contributed by atoms with Gasteiger partial charge >= 0.3 is 0 Å². The van der Waals surface area contributed by atoms with Crippen LogP contribution in [0.1, 0.15) is 49.4 Å². The SMILES string of the molecule is CCC(C(=O)NC(C)C)N(Cc1cccc(OC)c1)C(=O)CN(c1ccc(C)cc1C)S(=O)(=O)c1ccc(C)cc1. The first kappa shape index (κ1) is 31.7. The molecular weight excluding hydrogens is 538 g/mol. The summed E-state index contributed by atoms with van der Waals surface area (Å²) in [6.07, 6.45) is 0.350. The summed E-state index contributed by atoms with van der Waals surface area (Å²) in [6, 6.07) is 18.3. The van der Waals surface area contributed by atoms with E-state index in [2.05, 4.69) is 5.32 Å². The second-order valence-corrected chi connectivity index (χ2v) is 12.4. The van der Waals surface area contributed by atoms with Gasteiger partial charge in [-0.25, -0.2) is 8.42 Å². The monoisotopic (exact) mass is 579 g/mol. The minimum atomic E-state index is -4.12. The third-order valence-electron chi connectivity index (χ3n) is 6.81.